The van der Waals surface area contributed by atoms with E-state index in [4.69, 9.17) is 0 Å². The van der Waals surface area contributed by atoms with E-state index in [2.05, 4.69) is 15.5 Å². The monoisotopic (exact) mass is 391 g/mol. The van der Waals surface area contributed by atoms with Gasteiger partial charge in [0.2, 0.25) is 11.6 Å². The Morgan fingerprint density at radius 2 is 1.68 bits per heavy atom. The van der Waals surface area contributed by atoms with E-state index < -0.39 is 0 Å². The number of benzene rings is 2. The van der Waals surface area contributed by atoms with Gasteiger partial charge < -0.3 is 5.32 Å². The summed E-state index contributed by atoms with van der Waals surface area (Å²) in [7, 11) is 0. The van der Waals surface area contributed by atoms with E-state index in [0.29, 0.717) is 11.7 Å². The third kappa shape index (κ3) is 3.81. The molecule has 0 saturated carbocycles. The van der Waals surface area contributed by atoms with Crippen molar-refractivity contribution in [3.8, 4) is 5.69 Å². The Labute approximate surface area is 165 Å². The van der Waals surface area contributed by atoms with Gasteiger partial charge in [-0.1, -0.05) is 60.3 Å². The summed E-state index contributed by atoms with van der Waals surface area (Å²) in [6, 6.07) is 19.0. The first-order chi connectivity index (χ1) is 13.7. The van der Waals surface area contributed by atoms with Gasteiger partial charge >= 0.3 is 5.56 Å². The average Bonchev–Trinajstić information content (AvgIpc) is 3.16. The molecule has 0 fully saturated rings. The van der Waals surface area contributed by atoms with Crippen LogP contribution in [0.15, 0.2) is 83.0 Å². The topological polar surface area (TPSA) is 81.3 Å². The third-order valence-corrected chi connectivity index (χ3v) is 5.08. The molecule has 2 heterocycles. The molecule has 1 amide bonds. The van der Waals surface area contributed by atoms with E-state index in [1.54, 1.807) is 16.8 Å². The van der Waals surface area contributed by atoms with Crippen LogP contribution in [0.4, 0.5) is 0 Å². The Hall–Kier alpha value is -3.39. The number of rotatable bonds is 6. The van der Waals surface area contributed by atoms with E-state index in [9.17, 15) is 9.59 Å². The first-order valence-electron chi connectivity index (χ1n) is 8.67. The number of thioether (sulfide) groups is 1. The lowest BCUT2D eigenvalue weighted by molar-refractivity contribution is -0.118. The number of carbonyl (C=O) groups is 1. The molecule has 0 saturated heterocycles. The van der Waals surface area contributed by atoms with Crippen molar-refractivity contribution in [3.63, 3.8) is 0 Å². The molecule has 4 aromatic rings. The lowest BCUT2D eigenvalue weighted by atomic mass is 10.2. The van der Waals surface area contributed by atoms with Crippen molar-refractivity contribution in [2.75, 3.05) is 5.75 Å². The number of nitrogens with zero attached hydrogens (tertiary/aromatic N) is 4. The zero-order chi connectivity index (χ0) is 19.3. The van der Waals surface area contributed by atoms with Gasteiger partial charge in [-0.3, -0.25) is 18.6 Å². The van der Waals surface area contributed by atoms with Crippen LogP contribution in [-0.4, -0.2) is 30.8 Å². The molecule has 0 aliphatic rings. The van der Waals surface area contributed by atoms with E-state index in [0.717, 1.165) is 11.3 Å². The zero-order valence-corrected chi connectivity index (χ0v) is 15.7. The van der Waals surface area contributed by atoms with Crippen LogP contribution in [0.2, 0.25) is 0 Å². The number of nitrogens with one attached hydrogen (secondary N) is 1. The van der Waals surface area contributed by atoms with Gasteiger partial charge in [-0.05, 0) is 17.7 Å². The lowest BCUT2D eigenvalue weighted by Gasteiger charge is -2.06. The molecule has 0 aliphatic carbocycles. The molecule has 0 spiro atoms. The maximum atomic E-state index is 12.7. The third-order valence-electron chi connectivity index (χ3n) is 4.14. The van der Waals surface area contributed by atoms with Crippen molar-refractivity contribution in [2.24, 2.45) is 0 Å². The van der Waals surface area contributed by atoms with Crippen molar-refractivity contribution in [3.05, 3.63) is 89.0 Å². The van der Waals surface area contributed by atoms with Crippen molar-refractivity contribution < 1.29 is 4.79 Å². The molecule has 28 heavy (non-hydrogen) atoms. The fourth-order valence-electron chi connectivity index (χ4n) is 2.73. The summed E-state index contributed by atoms with van der Waals surface area (Å²) in [5.41, 5.74) is 1.75. The second kappa shape index (κ2) is 8.10. The highest BCUT2D eigenvalue weighted by atomic mass is 32.2. The van der Waals surface area contributed by atoms with E-state index in [1.165, 1.54) is 16.3 Å². The average molecular weight is 391 g/mol. The summed E-state index contributed by atoms with van der Waals surface area (Å²) in [4.78, 5) is 24.8. The van der Waals surface area contributed by atoms with Crippen LogP contribution in [0.5, 0.6) is 0 Å². The molecule has 0 unspecified atom stereocenters. The number of amides is 1. The number of carbonyl (C=O) groups excluding carboxylic acids is 1. The van der Waals surface area contributed by atoms with Crippen LogP contribution >= 0.6 is 11.8 Å². The highest BCUT2D eigenvalue weighted by Gasteiger charge is 2.13. The molecular weight excluding hydrogens is 374 g/mol. The Kier molecular flexibility index (Phi) is 5.20. The number of aromatic nitrogens is 4. The quantitative estimate of drug-likeness (QED) is 0.510. The van der Waals surface area contributed by atoms with E-state index >= 15 is 0 Å². The van der Waals surface area contributed by atoms with Crippen molar-refractivity contribution in [1.82, 2.24) is 24.5 Å². The second-order valence-corrected chi connectivity index (χ2v) is 6.98. The van der Waals surface area contributed by atoms with Crippen LogP contribution in [-0.2, 0) is 11.3 Å². The Balaban J connectivity index is 1.46. The van der Waals surface area contributed by atoms with Crippen LogP contribution in [0.25, 0.3) is 11.3 Å². The van der Waals surface area contributed by atoms with Crippen LogP contribution in [0, 0.1) is 0 Å². The normalized spacial score (nSPS) is 10.9. The fraction of sp³-hybridized carbons (Fsp3) is 0.100. The van der Waals surface area contributed by atoms with E-state index in [1.807, 2.05) is 60.7 Å². The molecule has 1 N–H and O–H groups in total. The van der Waals surface area contributed by atoms with Crippen molar-refractivity contribution in [2.45, 2.75) is 11.7 Å². The Morgan fingerprint density at radius 3 is 2.43 bits per heavy atom. The molecule has 140 valence electrons. The fourth-order valence-corrected chi connectivity index (χ4v) is 3.48. The molecule has 4 rings (SSSR count). The van der Waals surface area contributed by atoms with Gasteiger partial charge in [0, 0.05) is 24.6 Å². The predicted molar refractivity (Wildman–Crippen MR) is 108 cm³/mol. The van der Waals surface area contributed by atoms with Crippen LogP contribution in [0.1, 0.15) is 5.56 Å². The molecule has 7 nitrogen and oxygen atoms in total. The zero-order valence-electron chi connectivity index (χ0n) is 14.9. The first-order valence-corrected chi connectivity index (χ1v) is 9.66. The predicted octanol–water partition coefficient (Wildman–Crippen LogP) is 2.29. The number of hydrogen-bond acceptors (Lipinski definition) is 5. The molecule has 0 atom stereocenters. The minimum atomic E-state index is -0.262. The minimum absolute atomic E-state index is 0.108. The number of para-hydroxylation sites is 1. The van der Waals surface area contributed by atoms with Gasteiger partial charge in [0.25, 0.3) is 0 Å². The summed E-state index contributed by atoms with van der Waals surface area (Å²) in [5, 5.41) is 11.4. The van der Waals surface area contributed by atoms with Gasteiger partial charge in [-0.2, -0.15) is 0 Å². The molecule has 2 aromatic heterocycles. The van der Waals surface area contributed by atoms with E-state index in [-0.39, 0.29) is 22.9 Å². The molecule has 2 aromatic carbocycles. The molecule has 0 radical (unpaired) electrons. The number of fused-ring (bicyclic) bond motifs is 1. The standard InChI is InChI=1S/C20H17N5O2S/c26-17(21-13-15-7-3-1-4-8-15)14-28-20-23-22-18-19(27)24(11-12-25(18)20)16-9-5-2-6-10-16/h1-12H,13-14H2,(H,21,26). The highest BCUT2D eigenvalue weighted by molar-refractivity contribution is 7.99. The lowest BCUT2D eigenvalue weighted by Crippen LogP contribution is -2.24. The summed E-state index contributed by atoms with van der Waals surface area (Å²) in [5.74, 6) is 0.0818. The summed E-state index contributed by atoms with van der Waals surface area (Å²) < 4.78 is 3.13. The first kappa shape index (κ1) is 18.0. The summed E-state index contributed by atoms with van der Waals surface area (Å²) in [6.07, 6.45) is 3.40. The molecule has 8 heteroatoms. The van der Waals surface area contributed by atoms with Crippen LogP contribution in [0.3, 0.4) is 0 Å². The molecule has 0 aliphatic heterocycles. The Bertz CT molecular complexity index is 1160. The number of hydrogen-bond donors (Lipinski definition) is 1. The van der Waals surface area contributed by atoms with Crippen molar-refractivity contribution in [1.29, 1.82) is 0 Å². The summed E-state index contributed by atoms with van der Waals surface area (Å²) in [6.45, 7) is 0.475. The molecule has 0 bridgehead atoms. The van der Waals surface area contributed by atoms with Crippen LogP contribution < -0.4 is 10.9 Å². The Morgan fingerprint density at radius 1 is 0.964 bits per heavy atom. The maximum Gasteiger partial charge on any atom is 0.300 e. The maximum absolute atomic E-state index is 12.7. The molecular formula is C20H17N5O2S. The minimum Gasteiger partial charge on any atom is -0.351 e. The van der Waals surface area contributed by atoms with Gasteiger partial charge in [-0.15, -0.1) is 10.2 Å². The van der Waals surface area contributed by atoms with Gasteiger partial charge in [0.1, 0.15) is 0 Å². The largest absolute Gasteiger partial charge is 0.351 e. The van der Waals surface area contributed by atoms with Crippen molar-refractivity contribution >= 4 is 23.3 Å². The SMILES string of the molecule is O=C(CSc1nnc2c(=O)n(-c3ccccc3)ccn12)NCc1ccccc1. The van der Waals surface area contributed by atoms with Gasteiger partial charge in [0.05, 0.1) is 5.75 Å². The van der Waals surface area contributed by atoms with Gasteiger partial charge in [-0.25, -0.2) is 0 Å². The van der Waals surface area contributed by atoms with Gasteiger partial charge in [0.15, 0.2) is 5.16 Å². The summed E-state index contributed by atoms with van der Waals surface area (Å²) >= 11 is 1.24. The highest BCUT2D eigenvalue weighted by Crippen LogP contribution is 2.15. The second-order valence-electron chi connectivity index (χ2n) is 6.04. The smallest absolute Gasteiger partial charge is 0.300 e.